The van der Waals surface area contributed by atoms with Crippen LogP contribution in [0.4, 0.5) is 17.1 Å². The van der Waals surface area contributed by atoms with Crippen LogP contribution in [0.3, 0.4) is 0 Å². The van der Waals surface area contributed by atoms with Crippen molar-refractivity contribution < 1.29 is 21.4 Å². The second-order valence-corrected chi connectivity index (χ2v) is 11.0. The normalized spacial score (nSPS) is 12.2. The molecule has 11 nitrogen and oxygen atoms in total. The average molecular weight is 548 g/mol. The van der Waals surface area contributed by atoms with E-state index in [0.717, 1.165) is 12.1 Å². The SMILES string of the molecule is Cc1[nH]n(-c2ccccc2Cl)c(=O)c1N=Nc1cccc(S(=O)(=O)Nc2cccc(S(=O)(=O)O)c2)c1. The number of hydrogen-bond donors (Lipinski definition) is 3. The van der Waals surface area contributed by atoms with Crippen molar-refractivity contribution in [3.05, 3.63) is 93.9 Å². The lowest BCUT2D eigenvalue weighted by molar-refractivity contribution is 0.483. The lowest BCUT2D eigenvalue weighted by atomic mass is 10.3. The summed E-state index contributed by atoms with van der Waals surface area (Å²) in [4.78, 5) is 12.2. The van der Waals surface area contributed by atoms with Crippen molar-refractivity contribution in [2.45, 2.75) is 16.7 Å². The molecule has 14 heteroatoms. The van der Waals surface area contributed by atoms with E-state index in [9.17, 15) is 26.2 Å². The predicted molar refractivity (Wildman–Crippen MR) is 134 cm³/mol. The zero-order chi connectivity index (χ0) is 26.1. The van der Waals surface area contributed by atoms with Crippen LogP contribution >= 0.6 is 11.6 Å². The third-order valence-corrected chi connectivity index (χ3v) is 7.46. The number of para-hydroxylation sites is 1. The highest BCUT2D eigenvalue weighted by Crippen LogP contribution is 2.25. The smallest absolute Gasteiger partial charge is 0.293 e. The summed E-state index contributed by atoms with van der Waals surface area (Å²) < 4.78 is 61.0. The Balaban J connectivity index is 1.62. The van der Waals surface area contributed by atoms with Gasteiger partial charge in [-0.2, -0.15) is 13.5 Å². The van der Waals surface area contributed by atoms with Crippen molar-refractivity contribution >= 4 is 48.8 Å². The van der Waals surface area contributed by atoms with Crippen LogP contribution in [0.1, 0.15) is 5.69 Å². The molecule has 0 amide bonds. The number of azo groups is 1. The molecule has 36 heavy (non-hydrogen) atoms. The Kier molecular flexibility index (Phi) is 6.82. The number of anilines is 1. The largest absolute Gasteiger partial charge is 0.299 e. The van der Waals surface area contributed by atoms with Crippen LogP contribution in [0.15, 0.2) is 97.6 Å². The van der Waals surface area contributed by atoms with Gasteiger partial charge in [-0.25, -0.2) is 13.1 Å². The van der Waals surface area contributed by atoms with Crippen LogP contribution in [0, 0.1) is 6.92 Å². The molecule has 0 radical (unpaired) electrons. The minimum Gasteiger partial charge on any atom is -0.293 e. The van der Waals surface area contributed by atoms with Gasteiger partial charge >= 0.3 is 0 Å². The third-order valence-electron chi connectivity index (χ3n) is 4.91. The summed E-state index contributed by atoms with van der Waals surface area (Å²) in [5.74, 6) is 0. The first-order chi connectivity index (χ1) is 17.0. The molecular weight excluding hydrogens is 530 g/mol. The minimum atomic E-state index is -4.51. The van der Waals surface area contributed by atoms with Gasteiger partial charge in [-0.3, -0.25) is 19.2 Å². The van der Waals surface area contributed by atoms with E-state index in [4.69, 9.17) is 11.6 Å². The molecule has 186 valence electrons. The summed E-state index contributed by atoms with van der Waals surface area (Å²) in [5.41, 5.74) is 0.463. The van der Waals surface area contributed by atoms with Crippen LogP contribution in [-0.2, 0) is 20.1 Å². The van der Waals surface area contributed by atoms with Gasteiger partial charge in [0.25, 0.3) is 25.7 Å². The van der Waals surface area contributed by atoms with Gasteiger partial charge in [-0.1, -0.05) is 35.9 Å². The van der Waals surface area contributed by atoms with Crippen molar-refractivity contribution in [1.29, 1.82) is 0 Å². The van der Waals surface area contributed by atoms with Gasteiger partial charge in [0.2, 0.25) is 0 Å². The summed E-state index contributed by atoms with van der Waals surface area (Å²) >= 11 is 6.18. The number of aromatic nitrogens is 2. The average Bonchev–Trinajstić information content (AvgIpc) is 3.10. The monoisotopic (exact) mass is 547 g/mol. The molecule has 0 aliphatic carbocycles. The van der Waals surface area contributed by atoms with Gasteiger partial charge in [-0.05, 0) is 55.5 Å². The number of nitrogens with one attached hydrogen (secondary N) is 2. The van der Waals surface area contributed by atoms with Gasteiger partial charge in [0.05, 0.1) is 37.6 Å². The highest BCUT2D eigenvalue weighted by atomic mass is 35.5. The maximum absolute atomic E-state index is 12.8. The van der Waals surface area contributed by atoms with E-state index in [1.54, 1.807) is 31.2 Å². The van der Waals surface area contributed by atoms with E-state index in [-0.39, 0.29) is 22.0 Å². The third kappa shape index (κ3) is 5.39. The molecule has 0 bridgehead atoms. The van der Waals surface area contributed by atoms with Crippen molar-refractivity contribution in [3.63, 3.8) is 0 Å². The van der Waals surface area contributed by atoms with E-state index in [1.807, 2.05) is 0 Å². The highest BCUT2D eigenvalue weighted by Gasteiger charge is 2.18. The minimum absolute atomic E-state index is 0.0170. The molecule has 3 aromatic carbocycles. The molecule has 0 unspecified atom stereocenters. The number of hydrogen-bond acceptors (Lipinski definition) is 7. The summed E-state index contributed by atoms with van der Waals surface area (Å²) in [5, 5.41) is 11.3. The molecular formula is C22H18ClN5O6S2. The van der Waals surface area contributed by atoms with Crippen LogP contribution in [-0.4, -0.2) is 31.2 Å². The molecule has 0 aliphatic heterocycles. The highest BCUT2D eigenvalue weighted by molar-refractivity contribution is 7.92. The van der Waals surface area contributed by atoms with E-state index in [1.165, 1.54) is 41.1 Å². The van der Waals surface area contributed by atoms with E-state index >= 15 is 0 Å². The molecule has 1 heterocycles. The van der Waals surface area contributed by atoms with Crippen LogP contribution in [0.25, 0.3) is 5.69 Å². The van der Waals surface area contributed by atoms with E-state index in [0.29, 0.717) is 16.4 Å². The second-order valence-electron chi connectivity index (χ2n) is 7.48. The summed E-state index contributed by atoms with van der Waals surface area (Å²) in [7, 11) is -8.66. The first-order valence-electron chi connectivity index (χ1n) is 10.1. The lowest BCUT2D eigenvalue weighted by Crippen LogP contribution is -2.14. The Morgan fingerprint density at radius 2 is 1.61 bits per heavy atom. The Labute approximate surface area is 210 Å². The van der Waals surface area contributed by atoms with Crippen molar-refractivity contribution in [2.24, 2.45) is 10.2 Å². The summed E-state index contributed by atoms with van der Waals surface area (Å²) in [6, 6.07) is 16.9. The summed E-state index contributed by atoms with van der Waals surface area (Å²) in [6.45, 7) is 1.63. The van der Waals surface area contributed by atoms with Crippen LogP contribution in [0.5, 0.6) is 0 Å². The molecule has 4 aromatic rings. The number of H-pyrrole nitrogens is 1. The van der Waals surface area contributed by atoms with E-state index in [2.05, 4.69) is 20.0 Å². The number of aromatic amines is 1. The molecule has 4 rings (SSSR count). The number of aryl methyl sites for hydroxylation is 1. The Morgan fingerprint density at radius 3 is 2.33 bits per heavy atom. The fourth-order valence-electron chi connectivity index (χ4n) is 3.21. The van der Waals surface area contributed by atoms with E-state index < -0.39 is 30.6 Å². The standard InChI is InChI=1S/C22H18ClN5O6S2/c1-14-21(22(29)28(26-14)20-11-3-2-10-19(20)23)25-24-15-6-4-8-17(12-15)35(30,31)27-16-7-5-9-18(13-16)36(32,33)34/h2-13,26-27H,1H3,(H,32,33,34). The van der Waals surface area contributed by atoms with Crippen LogP contribution in [0.2, 0.25) is 5.02 Å². The molecule has 0 spiro atoms. The molecule has 0 saturated heterocycles. The first kappa shape index (κ1) is 25.3. The van der Waals surface area contributed by atoms with Crippen molar-refractivity contribution in [3.8, 4) is 5.69 Å². The Bertz CT molecular complexity index is 1760. The Hall–Kier alpha value is -3.78. The van der Waals surface area contributed by atoms with Crippen molar-refractivity contribution in [1.82, 2.24) is 9.78 Å². The molecule has 0 fully saturated rings. The predicted octanol–water partition coefficient (Wildman–Crippen LogP) is 4.59. The number of sulfonamides is 1. The number of nitrogens with zero attached hydrogens (tertiary/aromatic N) is 3. The van der Waals surface area contributed by atoms with Gasteiger partial charge in [-0.15, -0.1) is 5.11 Å². The fourth-order valence-corrected chi connectivity index (χ4v) is 5.05. The maximum atomic E-state index is 12.8. The molecule has 1 aromatic heterocycles. The second kappa shape index (κ2) is 9.70. The molecule has 0 atom stereocenters. The number of halogens is 1. The quantitative estimate of drug-likeness (QED) is 0.226. The van der Waals surface area contributed by atoms with Gasteiger partial charge < -0.3 is 0 Å². The molecule has 3 N–H and O–H groups in total. The molecule has 0 saturated carbocycles. The summed E-state index contributed by atoms with van der Waals surface area (Å²) in [6.07, 6.45) is 0. The van der Waals surface area contributed by atoms with Gasteiger partial charge in [0.1, 0.15) is 0 Å². The van der Waals surface area contributed by atoms with Crippen LogP contribution < -0.4 is 10.3 Å². The van der Waals surface area contributed by atoms with Gasteiger partial charge in [0.15, 0.2) is 5.69 Å². The number of benzene rings is 3. The zero-order valence-electron chi connectivity index (χ0n) is 18.5. The topological polar surface area (TPSA) is 163 Å². The zero-order valence-corrected chi connectivity index (χ0v) is 20.8. The lowest BCUT2D eigenvalue weighted by Gasteiger charge is -2.09. The fraction of sp³-hybridized carbons (Fsp3) is 0.0455. The number of rotatable bonds is 7. The Morgan fingerprint density at radius 1 is 0.917 bits per heavy atom. The first-order valence-corrected chi connectivity index (χ1v) is 13.4. The maximum Gasteiger partial charge on any atom is 0.299 e. The van der Waals surface area contributed by atoms with Crippen molar-refractivity contribution in [2.75, 3.05) is 4.72 Å². The molecule has 0 aliphatic rings. The van der Waals surface area contributed by atoms with Gasteiger partial charge in [0, 0.05) is 0 Å².